The SMILES string of the molecule is COc1ccc(C[C@H](NC(=O)[C@H](C)NC(=O)CN2CCOCC2)C(=O)N[C@@H](C[C@H]2CC[C@@H](O)CC2)C(=O)[C@H]2CO2)cc1. The number of nitrogens with one attached hydrogen (secondary N) is 3. The summed E-state index contributed by atoms with van der Waals surface area (Å²) in [6, 6.07) is 4.54. The predicted octanol–water partition coefficient (Wildman–Crippen LogP) is -0.0467. The third-order valence-electron chi connectivity index (χ3n) is 8.17. The summed E-state index contributed by atoms with van der Waals surface area (Å²) in [5, 5.41) is 18.3. The standard InChI is InChI=1S/C30H44N4O8/c1-19(31-27(36)17-34-11-13-41-14-12-34)29(38)33-25(16-21-5-9-23(40-2)10-6-21)30(39)32-24(28(37)26-18-42-26)15-20-3-7-22(35)8-4-20/h5-6,9-10,19-20,22,24-26,35H,3-4,7-8,11-18H2,1-2H3,(H,31,36)(H,32,39)(H,33,38)/t19-,20-,22+,24-,25-,26+/m0/s1. The summed E-state index contributed by atoms with van der Waals surface area (Å²) in [7, 11) is 1.56. The van der Waals surface area contributed by atoms with Gasteiger partial charge >= 0.3 is 0 Å². The fourth-order valence-electron chi connectivity index (χ4n) is 5.49. The molecule has 3 fully saturated rings. The fraction of sp³-hybridized carbons (Fsp3) is 0.667. The Hall–Kier alpha value is -3.06. The minimum Gasteiger partial charge on any atom is -0.497 e. The third-order valence-corrected chi connectivity index (χ3v) is 8.17. The molecule has 42 heavy (non-hydrogen) atoms. The van der Waals surface area contributed by atoms with Crippen LogP contribution in [-0.2, 0) is 35.1 Å². The highest BCUT2D eigenvalue weighted by Gasteiger charge is 2.39. The molecule has 12 nitrogen and oxygen atoms in total. The minimum absolute atomic E-state index is 0.155. The van der Waals surface area contributed by atoms with Crippen LogP contribution in [0.1, 0.15) is 44.6 Å². The zero-order valence-electron chi connectivity index (χ0n) is 24.5. The number of epoxide rings is 1. The lowest BCUT2D eigenvalue weighted by Crippen LogP contribution is -2.57. The minimum atomic E-state index is -0.993. The summed E-state index contributed by atoms with van der Waals surface area (Å²) in [6.45, 7) is 4.47. The second-order valence-corrected chi connectivity index (χ2v) is 11.5. The second-order valence-electron chi connectivity index (χ2n) is 11.5. The molecule has 12 heteroatoms. The molecule has 1 aromatic rings. The van der Waals surface area contributed by atoms with Gasteiger partial charge in [0.2, 0.25) is 17.7 Å². The van der Waals surface area contributed by atoms with E-state index in [2.05, 4.69) is 16.0 Å². The highest BCUT2D eigenvalue weighted by Crippen LogP contribution is 2.29. The quantitative estimate of drug-likeness (QED) is 0.219. The van der Waals surface area contributed by atoms with Gasteiger partial charge in [0.25, 0.3) is 0 Å². The molecule has 0 unspecified atom stereocenters. The molecular weight excluding hydrogens is 544 g/mol. The third kappa shape index (κ3) is 9.75. The summed E-state index contributed by atoms with van der Waals surface area (Å²) >= 11 is 0. The zero-order valence-corrected chi connectivity index (χ0v) is 24.5. The number of rotatable bonds is 14. The van der Waals surface area contributed by atoms with Gasteiger partial charge in [-0.25, -0.2) is 0 Å². The van der Waals surface area contributed by atoms with Crippen LogP contribution in [0.4, 0.5) is 0 Å². The molecule has 0 bridgehead atoms. The monoisotopic (exact) mass is 588 g/mol. The van der Waals surface area contributed by atoms with Crippen LogP contribution in [-0.4, -0.2) is 110 Å². The van der Waals surface area contributed by atoms with Gasteiger partial charge in [0.1, 0.15) is 23.9 Å². The first-order chi connectivity index (χ1) is 20.2. The van der Waals surface area contributed by atoms with Crippen molar-refractivity contribution in [3.63, 3.8) is 0 Å². The van der Waals surface area contributed by atoms with Gasteiger partial charge in [-0.3, -0.25) is 24.1 Å². The number of carbonyl (C=O) groups excluding carboxylic acids is 4. The van der Waals surface area contributed by atoms with Crippen molar-refractivity contribution >= 4 is 23.5 Å². The molecular formula is C30H44N4O8. The van der Waals surface area contributed by atoms with Crippen molar-refractivity contribution in [2.24, 2.45) is 5.92 Å². The van der Waals surface area contributed by atoms with E-state index in [-0.39, 0.29) is 36.7 Å². The van der Waals surface area contributed by atoms with Crippen molar-refractivity contribution in [2.75, 3.05) is 46.6 Å². The lowest BCUT2D eigenvalue weighted by atomic mass is 9.82. The Morgan fingerprint density at radius 1 is 0.976 bits per heavy atom. The molecule has 1 aliphatic carbocycles. The number of methoxy groups -OCH3 is 1. The first kappa shape index (κ1) is 31.9. The zero-order chi connectivity index (χ0) is 30.1. The fourth-order valence-corrected chi connectivity index (χ4v) is 5.49. The summed E-state index contributed by atoms with van der Waals surface area (Å²) in [5.74, 6) is -0.600. The van der Waals surface area contributed by atoms with Crippen molar-refractivity contribution < 1.29 is 38.5 Å². The Labute approximate surface area is 246 Å². The summed E-state index contributed by atoms with van der Waals surface area (Å²) in [6.07, 6.45) is 2.68. The Morgan fingerprint density at radius 3 is 2.24 bits per heavy atom. The van der Waals surface area contributed by atoms with Crippen molar-refractivity contribution in [3.8, 4) is 5.75 Å². The van der Waals surface area contributed by atoms with Crippen molar-refractivity contribution in [1.29, 1.82) is 0 Å². The molecule has 0 aromatic heterocycles. The van der Waals surface area contributed by atoms with Crippen LogP contribution in [0.25, 0.3) is 0 Å². The first-order valence-electron chi connectivity index (χ1n) is 14.9. The number of Topliss-reactive ketones (excluding diaryl/α,β-unsaturated/α-hetero) is 1. The van der Waals surface area contributed by atoms with Crippen LogP contribution < -0.4 is 20.7 Å². The highest BCUT2D eigenvalue weighted by atomic mass is 16.6. The number of morpholine rings is 1. The van der Waals surface area contributed by atoms with Gasteiger partial charge in [-0.1, -0.05) is 12.1 Å². The number of nitrogens with zero attached hydrogens (tertiary/aromatic N) is 1. The molecule has 0 radical (unpaired) electrons. The maximum atomic E-state index is 13.7. The van der Waals surface area contributed by atoms with E-state index < -0.39 is 36.0 Å². The summed E-state index contributed by atoms with van der Waals surface area (Å²) < 4.78 is 15.8. The number of benzene rings is 1. The van der Waals surface area contributed by atoms with E-state index in [9.17, 15) is 24.3 Å². The average Bonchev–Trinajstić information content (AvgIpc) is 3.84. The Balaban J connectivity index is 1.42. The van der Waals surface area contributed by atoms with Crippen LogP contribution in [0.15, 0.2) is 24.3 Å². The number of carbonyl (C=O) groups is 4. The van der Waals surface area contributed by atoms with Crippen LogP contribution >= 0.6 is 0 Å². The van der Waals surface area contributed by atoms with E-state index >= 15 is 0 Å². The molecule has 1 aromatic carbocycles. The molecule has 4 atom stereocenters. The van der Waals surface area contributed by atoms with Crippen LogP contribution in [0, 0.1) is 5.92 Å². The molecule has 3 aliphatic rings. The van der Waals surface area contributed by atoms with Crippen molar-refractivity contribution in [3.05, 3.63) is 29.8 Å². The summed E-state index contributed by atoms with van der Waals surface area (Å²) in [4.78, 5) is 54.5. The average molecular weight is 589 g/mol. The molecule has 4 rings (SSSR count). The van der Waals surface area contributed by atoms with E-state index in [1.165, 1.54) is 0 Å². The molecule has 2 aliphatic heterocycles. The van der Waals surface area contributed by atoms with Crippen molar-refractivity contribution in [2.45, 2.75) is 75.8 Å². The number of aliphatic hydroxyl groups is 1. The smallest absolute Gasteiger partial charge is 0.243 e. The van der Waals surface area contributed by atoms with Gasteiger partial charge in [-0.05, 0) is 62.6 Å². The number of hydrogen-bond acceptors (Lipinski definition) is 9. The molecule has 0 spiro atoms. The largest absolute Gasteiger partial charge is 0.497 e. The van der Waals surface area contributed by atoms with E-state index in [4.69, 9.17) is 14.2 Å². The second kappa shape index (κ2) is 15.4. The first-order valence-corrected chi connectivity index (χ1v) is 14.9. The van der Waals surface area contributed by atoms with Crippen LogP contribution in [0.2, 0.25) is 0 Å². The predicted molar refractivity (Wildman–Crippen MR) is 153 cm³/mol. The number of aliphatic hydroxyl groups excluding tert-OH is 1. The highest BCUT2D eigenvalue weighted by molar-refractivity contribution is 5.96. The lowest BCUT2D eigenvalue weighted by Gasteiger charge is -2.30. The van der Waals surface area contributed by atoms with E-state index in [0.29, 0.717) is 57.9 Å². The number of ketones is 1. The Bertz CT molecular complexity index is 1070. The van der Waals surface area contributed by atoms with Crippen molar-refractivity contribution in [1.82, 2.24) is 20.9 Å². The van der Waals surface area contributed by atoms with Crippen LogP contribution in [0.3, 0.4) is 0 Å². The molecule has 2 saturated heterocycles. The Kier molecular flexibility index (Phi) is 11.7. The van der Waals surface area contributed by atoms with E-state index in [1.807, 2.05) is 17.0 Å². The van der Waals surface area contributed by atoms with Gasteiger partial charge < -0.3 is 35.3 Å². The normalized spacial score (nSPS) is 24.5. The molecule has 2 heterocycles. The van der Waals surface area contributed by atoms with Crippen LogP contribution in [0.5, 0.6) is 5.75 Å². The summed E-state index contributed by atoms with van der Waals surface area (Å²) in [5.41, 5.74) is 0.787. The molecule has 3 amide bonds. The van der Waals surface area contributed by atoms with E-state index in [1.54, 1.807) is 26.2 Å². The molecule has 4 N–H and O–H groups in total. The maximum absolute atomic E-state index is 13.7. The number of hydrogen-bond donors (Lipinski definition) is 4. The molecule has 232 valence electrons. The van der Waals surface area contributed by atoms with Gasteiger partial charge in [-0.15, -0.1) is 0 Å². The maximum Gasteiger partial charge on any atom is 0.243 e. The topological polar surface area (TPSA) is 159 Å². The van der Waals surface area contributed by atoms with E-state index in [0.717, 1.165) is 18.4 Å². The molecule has 1 saturated carbocycles. The lowest BCUT2D eigenvalue weighted by molar-refractivity contribution is -0.133. The van der Waals surface area contributed by atoms with Gasteiger partial charge in [0, 0.05) is 19.5 Å². The Morgan fingerprint density at radius 2 is 1.62 bits per heavy atom. The van der Waals surface area contributed by atoms with Gasteiger partial charge in [0.05, 0.1) is 45.6 Å². The number of amides is 3. The number of ether oxygens (including phenoxy) is 3. The van der Waals surface area contributed by atoms with Gasteiger partial charge in [-0.2, -0.15) is 0 Å². The van der Waals surface area contributed by atoms with Gasteiger partial charge in [0.15, 0.2) is 5.78 Å².